The number of ether oxygens (including phenoxy) is 2. The second kappa shape index (κ2) is 5.23. The second-order valence-corrected chi connectivity index (χ2v) is 6.57. The molecule has 1 saturated heterocycles. The van der Waals surface area contributed by atoms with Crippen molar-refractivity contribution in [2.75, 3.05) is 19.0 Å². The maximum absolute atomic E-state index is 8.98. The summed E-state index contributed by atoms with van der Waals surface area (Å²) >= 11 is 0. The minimum absolute atomic E-state index is 0.115. The van der Waals surface area contributed by atoms with Crippen molar-refractivity contribution in [2.24, 2.45) is 11.3 Å². The Hall–Kier alpha value is -1.73. The molecule has 3 unspecified atom stereocenters. The lowest BCUT2D eigenvalue weighted by Gasteiger charge is -2.60. The zero-order chi connectivity index (χ0) is 15.0. The Kier molecular flexibility index (Phi) is 3.54. The average molecular weight is 286 g/mol. The van der Waals surface area contributed by atoms with E-state index in [0.29, 0.717) is 23.6 Å². The van der Waals surface area contributed by atoms with E-state index >= 15 is 0 Å². The minimum Gasteiger partial charge on any atom is -0.495 e. The number of nitrogens with zero attached hydrogens (tertiary/aromatic N) is 1. The number of benzene rings is 1. The van der Waals surface area contributed by atoms with Crippen molar-refractivity contribution in [1.29, 1.82) is 5.26 Å². The van der Waals surface area contributed by atoms with Crippen LogP contribution in [-0.2, 0) is 4.74 Å². The molecule has 2 fully saturated rings. The normalized spacial score (nSPS) is 29.7. The molecule has 1 aromatic rings. The van der Waals surface area contributed by atoms with Gasteiger partial charge < -0.3 is 14.8 Å². The van der Waals surface area contributed by atoms with Gasteiger partial charge in [0.2, 0.25) is 0 Å². The molecule has 21 heavy (non-hydrogen) atoms. The van der Waals surface area contributed by atoms with Gasteiger partial charge in [0.15, 0.2) is 0 Å². The molecular weight excluding hydrogens is 264 g/mol. The van der Waals surface area contributed by atoms with E-state index in [1.807, 2.05) is 12.1 Å². The van der Waals surface area contributed by atoms with Crippen LogP contribution in [0.3, 0.4) is 0 Å². The number of nitriles is 1. The molecule has 4 nitrogen and oxygen atoms in total. The van der Waals surface area contributed by atoms with Crippen molar-refractivity contribution in [2.45, 2.75) is 38.8 Å². The van der Waals surface area contributed by atoms with Crippen LogP contribution in [0.25, 0.3) is 0 Å². The highest BCUT2D eigenvalue weighted by Gasteiger charge is 2.58. The number of nitrogens with one attached hydrogen (secondary N) is 1. The summed E-state index contributed by atoms with van der Waals surface area (Å²) in [5, 5.41) is 12.6. The lowest BCUT2D eigenvalue weighted by atomic mass is 9.55. The van der Waals surface area contributed by atoms with Crippen molar-refractivity contribution in [3.05, 3.63) is 23.8 Å². The van der Waals surface area contributed by atoms with Crippen LogP contribution in [0, 0.1) is 22.7 Å². The molecule has 1 aliphatic carbocycles. The van der Waals surface area contributed by atoms with Crippen LogP contribution >= 0.6 is 0 Å². The van der Waals surface area contributed by atoms with E-state index in [1.54, 1.807) is 13.2 Å². The Balaban J connectivity index is 1.82. The highest BCUT2D eigenvalue weighted by Crippen LogP contribution is 2.52. The van der Waals surface area contributed by atoms with Gasteiger partial charge in [-0.25, -0.2) is 0 Å². The topological polar surface area (TPSA) is 54.3 Å². The van der Waals surface area contributed by atoms with Crippen molar-refractivity contribution < 1.29 is 9.47 Å². The maximum atomic E-state index is 8.98. The second-order valence-electron chi connectivity index (χ2n) is 6.57. The number of rotatable bonds is 3. The Morgan fingerprint density at radius 3 is 2.95 bits per heavy atom. The largest absolute Gasteiger partial charge is 0.495 e. The van der Waals surface area contributed by atoms with Gasteiger partial charge in [0.05, 0.1) is 30.5 Å². The van der Waals surface area contributed by atoms with Crippen molar-refractivity contribution in [1.82, 2.24) is 0 Å². The molecule has 4 heteroatoms. The van der Waals surface area contributed by atoms with Gasteiger partial charge in [-0.15, -0.1) is 0 Å². The molecule has 1 heterocycles. The smallest absolute Gasteiger partial charge is 0.143 e. The van der Waals surface area contributed by atoms with Gasteiger partial charge in [-0.2, -0.15) is 5.26 Å². The highest BCUT2D eigenvalue weighted by molar-refractivity contribution is 5.60. The van der Waals surface area contributed by atoms with Crippen LogP contribution < -0.4 is 10.1 Å². The van der Waals surface area contributed by atoms with Gasteiger partial charge in [-0.05, 0) is 25.0 Å². The van der Waals surface area contributed by atoms with E-state index < -0.39 is 0 Å². The Labute approximate surface area is 126 Å². The third-order valence-electron chi connectivity index (χ3n) is 4.97. The summed E-state index contributed by atoms with van der Waals surface area (Å²) in [5.41, 5.74) is 1.69. The van der Waals surface area contributed by atoms with Crippen LogP contribution in [0.2, 0.25) is 0 Å². The standard InChI is InChI=1S/C17H22N2O2/c1-17(2)15(12-5-4-8-21-16(12)17)19-13-7-6-11(10-18)9-14(13)20-3/h6-7,9,12,15-16,19H,4-5,8H2,1-3H3. The SMILES string of the molecule is COc1cc(C#N)ccc1NC1C2CCCOC2C1(C)C. The molecule has 0 bridgehead atoms. The molecule has 0 aromatic heterocycles. The fourth-order valence-corrected chi connectivity index (χ4v) is 3.86. The van der Waals surface area contributed by atoms with Gasteiger partial charge in [0, 0.05) is 30.0 Å². The third kappa shape index (κ3) is 2.26. The molecule has 0 radical (unpaired) electrons. The third-order valence-corrected chi connectivity index (χ3v) is 4.97. The van der Waals surface area contributed by atoms with Gasteiger partial charge in [-0.1, -0.05) is 13.8 Å². The van der Waals surface area contributed by atoms with Crippen molar-refractivity contribution in [3.63, 3.8) is 0 Å². The average Bonchev–Trinajstić information content (AvgIpc) is 2.52. The monoisotopic (exact) mass is 286 g/mol. The van der Waals surface area contributed by atoms with Gasteiger partial charge >= 0.3 is 0 Å². The minimum atomic E-state index is 0.115. The quantitative estimate of drug-likeness (QED) is 0.927. The number of hydrogen-bond acceptors (Lipinski definition) is 4. The van der Waals surface area contributed by atoms with Crippen LogP contribution in [0.1, 0.15) is 32.3 Å². The number of methoxy groups -OCH3 is 1. The molecule has 1 saturated carbocycles. The molecule has 1 N–H and O–H groups in total. The first-order valence-electron chi connectivity index (χ1n) is 7.54. The lowest BCUT2D eigenvalue weighted by Crippen LogP contribution is -2.67. The highest BCUT2D eigenvalue weighted by atomic mass is 16.5. The van der Waals surface area contributed by atoms with Crippen LogP contribution in [0.5, 0.6) is 5.75 Å². The fourth-order valence-electron chi connectivity index (χ4n) is 3.86. The summed E-state index contributed by atoms with van der Waals surface area (Å²) in [4.78, 5) is 0. The molecule has 1 aromatic carbocycles. The molecule has 3 rings (SSSR count). The number of anilines is 1. The van der Waals surface area contributed by atoms with Crippen LogP contribution in [0.15, 0.2) is 18.2 Å². The Morgan fingerprint density at radius 2 is 2.24 bits per heavy atom. The van der Waals surface area contributed by atoms with Gasteiger partial charge in [-0.3, -0.25) is 0 Å². The van der Waals surface area contributed by atoms with E-state index in [2.05, 4.69) is 25.2 Å². The van der Waals surface area contributed by atoms with E-state index in [4.69, 9.17) is 14.7 Å². The van der Waals surface area contributed by atoms with Crippen LogP contribution in [0.4, 0.5) is 5.69 Å². The summed E-state index contributed by atoms with van der Waals surface area (Å²) in [6.07, 6.45) is 2.71. The molecular formula is C17H22N2O2. The van der Waals surface area contributed by atoms with E-state index in [0.717, 1.165) is 24.5 Å². The summed E-state index contributed by atoms with van der Waals surface area (Å²) in [6, 6.07) is 8.06. The zero-order valence-electron chi connectivity index (χ0n) is 12.8. The number of hydrogen-bond donors (Lipinski definition) is 1. The Bertz CT molecular complexity index is 577. The molecule has 0 amide bonds. The van der Waals surface area contributed by atoms with E-state index in [9.17, 15) is 0 Å². The van der Waals surface area contributed by atoms with Crippen molar-refractivity contribution >= 4 is 5.69 Å². The van der Waals surface area contributed by atoms with Gasteiger partial charge in [0.25, 0.3) is 0 Å². The molecule has 0 spiro atoms. The summed E-state index contributed by atoms with van der Waals surface area (Å²) in [7, 11) is 1.64. The first-order valence-corrected chi connectivity index (χ1v) is 7.54. The summed E-state index contributed by atoms with van der Waals surface area (Å²) in [6.45, 7) is 5.40. The van der Waals surface area contributed by atoms with Crippen LogP contribution in [-0.4, -0.2) is 25.9 Å². The molecule has 2 aliphatic rings. The summed E-state index contributed by atoms with van der Waals surface area (Å²) < 4.78 is 11.4. The first kappa shape index (κ1) is 14.2. The predicted octanol–water partition coefficient (Wildman–Crippen LogP) is 3.18. The fraction of sp³-hybridized carbons (Fsp3) is 0.588. The lowest BCUT2D eigenvalue weighted by molar-refractivity contribution is -0.177. The zero-order valence-corrected chi connectivity index (χ0v) is 12.8. The van der Waals surface area contributed by atoms with E-state index in [1.165, 1.54) is 6.42 Å². The maximum Gasteiger partial charge on any atom is 0.143 e. The molecule has 1 aliphatic heterocycles. The number of fused-ring (bicyclic) bond motifs is 1. The van der Waals surface area contributed by atoms with Gasteiger partial charge in [0.1, 0.15) is 5.75 Å². The predicted molar refractivity (Wildman–Crippen MR) is 81.4 cm³/mol. The molecule has 112 valence electrons. The van der Waals surface area contributed by atoms with Crippen molar-refractivity contribution in [3.8, 4) is 11.8 Å². The molecule has 3 atom stereocenters. The Morgan fingerprint density at radius 1 is 1.43 bits per heavy atom. The first-order chi connectivity index (χ1) is 10.1. The summed E-state index contributed by atoms with van der Waals surface area (Å²) in [5.74, 6) is 1.29. The van der Waals surface area contributed by atoms with E-state index in [-0.39, 0.29) is 5.41 Å².